The van der Waals surface area contributed by atoms with Crippen LogP contribution in [0, 0.1) is 0 Å². The molecule has 4 rings (SSSR count). The van der Waals surface area contributed by atoms with E-state index in [0.29, 0.717) is 5.69 Å². The van der Waals surface area contributed by atoms with Crippen LogP contribution in [0.2, 0.25) is 0 Å². The molecule has 1 aromatic heterocycles. The van der Waals surface area contributed by atoms with Gasteiger partial charge in [-0.25, -0.2) is 4.68 Å². The molecule has 5 nitrogen and oxygen atoms in total. The summed E-state index contributed by atoms with van der Waals surface area (Å²) in [5, 5.41) is 15.4. The van der Waals surface area contributed by atoms with Crippen molar-refractivity contribution in [1.82, 2.24) is 19.6 Å². The summed E-state index contributed by atoms with van der Waals surface area (Å²) in [6, 6.07) is 4.86. The monoisotopic (exact) mass is 380 g/mol. The zero-order valence-electron chi connectivity index (χ0n) is 15.2. The number of aromatic nitrogens is 2. The minimum atomic E-state index is -4.38. The van der Waals surface area contributed by atoms with Gasteiger partial charge in [-0.05, 0) is 50.6 Å². The van der Waals surface area contributed by atoms with E-state index < -0.39 is 11.7 Å². The number of rotatable bonds is 2. The molecule has 1 N–H and O–H groups in total. The number of halogens is 3. The van der Waals surface area contributed by atoms with Gasteiger partial charge in [0.25, 0.3) is 0 Å². The number of hydrogen-bond donors (Lipinski definition) is 1. The van der Waals surface area contributed by atoms with Gasteiger partial charge in [-0.15, -0.1) is 0 Å². The molecule has 0 bridgehead atoms. The molecule has 146 valence electrons. The molecular formula is C19H23F3N4O. The fraction of sp³-hybridized carbons (Fsp3) is 0.526. The van der Waals surface area contributed by atoms with Crippen LogP contribution < -0.4 is 0 Å². The maximum atomic E-state index is 12.8. The van der Waals surface area contributed by atoms with E-state index in [1.165, 1.54) is 16.8 Å². The molecule has 2 aliphatic rings. The van der Waals surface area contributed by atoms with Gasteiger partial charge in [0, 0.05) is 32.2 Å². The van der Waals surface area contributed by atoms with Gasteiger partial charge in [0.15, 0.2) is 0 Å². The van der Waals surface area contributed by atoms with Gasteiger partial charge in [-0.3, -0.25) is 4.90 Å². The third-order valence-corrected chi connectivity index (χ3v) is 5.62. The van der Waals surface area contributed by atoms with Gasteiger partial charge >= 0.3 is 6.18 Å². The second-order valence-corrected chi connectivity index (χ2v) is 7.39. The van der Waals surface area contributed by atoms with Crippen molar-refractivity contribution in [2.45, 2.75) is 31.5 Å². The Labute approximate surface area is 156 Å². The Hall–Kier alpha value is -2.06. The second-order valence-electron chi connectivity index (χ2n) is 7.39. The van der Waals surface area contributed by atoms with Crippen LogP contribution in [0.3, 0.4) is 0 Å². The van der Waals surface area contributed by atoms with Crippen molar-refractivity contribution < 1.29 is 18.3 Å². The third kappa shape index (κ3) is 3.43. The number of alkyl halides is 3. The summed E-state index contributed by atoms with van der Waals surface area (Å²) in [6.07, 6.45) is -1.65. The quantitative estimate of drug-likeness (QED) is 0.869. The minimum absolute atomic E-state index is 0.0494. The molecule has 0 radical (unpaired) electrons. The number of aryl methyl sites for hydroxylation is 1. The number of benzene rings is 1. The zero-order valence-corrected chi connectivity index (χ0v) is 15.2. The maximum Gasteiger partial charge on any atom is 0.416 e. The number of likely N-dealkylation sites (N-methyl/N-ethyl adjacent to an activating group) is 1. The van der Waals surface area contributed by atoms with Crippen molar-refractivity contribution in [3.8, 4) is 11.6 Å². The first-order chi connectivity index (χ1) is 12.8. The van der Waals surface area contributed by atoms with Gasteiger partial charge in [0.2, 0.25) is 5.88 Å². The topological polar surface area (TPSA) is 44.5 Å². The molecule has 1 saturated heterocycles. The Balaban J connectivity index is 1.65. The Kier molecular flexibility index (Phi) is 4.63. The van der Waals surface area contributed by atoms with Crippen LogP contribution in [-0.4, -0.2) is 57.9 Å². The lowest BCUT2D eigenvalue weighted by Gasteiger charge is -2.39. The number of aromatic hydroxyl groups is 1. The predicted octanol–water partition coefficient (Wildman–Crippen LogP) is 3.22. The van der Waals surface area contributed by atoms with Gasteiger partial charge < -0.3 is 10.0 Å². The van der Waals surface area contributed by atoms with E-state index in [1.807, 2.05) is 0 Å². The molecule has 0 saturated carbocycles. The summed E-state index contributed by atoms with van der Waals surface area (Å²) in [7, 11) is 2.10. The molecule has 0 amide bonds. The van der Waals surface area contributed by atoms with Gasteiger partial charge in [-0.2, -0.15) is 18.3 Å². The van der Waals surface area contributed by atoms with Crippen LogP contribution in [0.25, 0.3) is 5.69 Å². The van der Waals surface area contributed by atoms with Gasteiger partial charge in [-0.1, -0.05) is 0 Å². The smallest absolute Gasteiger partial charge is 0.416 e. The van der Waals surface area contributed by atoms with Crippen LogP contribution >= 0.6 is 0 Å². The number of nitrogens with zero attached hydrogens (tertiary/aromatic N) is 4. The van der Waals surface area contributed by atoms with E-state index in [1.54, 1.807) is 0 Å². The number of fused-ring (bicyclic) bond motifs is 1. The lowest BCUT2D eigenvalue weighted by Crippen LogP contribution is -2.46. The summed E-state index contributed by atoms with van der Waals surface area (Å²) < 4.78 is 39.7. The standard InChI is InChI=1S/C19H23F3N4O/c1-24-9-11-25(12-10-24)16-4-2-3-15-17(16)18(27)26(23-15)14-7-5-13(6-8-14)19(20,21)22/h5-8,16,27H,2-4,9-12H2,1H3. The molecule has 1 aliphatic heterocycles. The molecule has 0 spiro atoms. The summed E-state index contributed by atoms with van der Waals surface area (Å²) in [6.45, 7) is 3.84. The number of piperazine rings is 1. The average molecular weight is 380 g/mol. The highest BCUT2D eigenvalue weighted by Gasteiger charge is 2.34. The fourth-order valence-electron chi connectivity index (χ4n) is 4.07. The Bertz CT molecular complexity index is 808. The average Bonchev–Trinajstić information content (AvgIpc) is 2.99. The van der Waals surface area contributed by atoms with Crippen molar-refractivity contribution in [3.05, 3.63) is 41.1 Å². The molecule has 1 unspecified atom stereocenters. The summed E-state index contributed by atoms with van der Waals surface area (Å²) in [4.78, 5) is 4.67. The second kappa shape index (κ2) is 6.83. The van der Waals surface area contributed by atoms with Crippen molar-refractivity contribution in [2.75, 3.05) is 33.2 Å². The predicted molar refractivity (Wildman–Crippen MR) is 95.0 cm³/mol. The van der Waals surface area contributed by atoms with Crippen LogP contribution in [0.5, 0.6) is 5.88 Å². The van der Waals surface area contributed by atoms with Crippen molar-refractivity contribution >= 4 is 0 Å². The summed E-state index contributed by atoms with van der Waals surface area (Å²) in [5.41, 5.74) is 1.42. The summed E-state index contributed by atoms with van der Waals surface area (Å²) >= 11 is 0. The van der Waals surface area contributed by atoms with E-state index in [2.05, 4.69) is 21.9 Å². The van der Waals surface area contributed by atoms with E-state index in [-0.39, 0.29) is 11.9 Å². The van der Waals surface area contributed by atoms with Crippen molar-refractivity contribution in [3.63, 3.8) is 0 Å². The van der Waals surface area contributed by atoms with Crippen LogP contribution in [0.4, 0.5) is 13.2 Å². The third-order valence-electron chi connectivity index (χ3n) is 5.62. The molecule has 2 heterocycles. The molecule has 1 aromatic carbocycles. The molecule has 1 fully saturated rings. The lowest BCUT2D eigenvalue weighted by molar-refractivity contribution is -0.137. The molecule has 2 aromatic rings. The zero-order chi connectivity index (χ0) is 19.2. The molecule has 1 atom stereocenters. The lowest BCUT2D eigenvalue weighted by atomic mass is 9.91. The highest BCUT2D eigenvalue weighted by molar-refractivity contribution is 5.44. The van der Waals surface area contributed by atoms with E-state index in [4.69, 9.17) is 0 Å². The summed E-state index contributed by atoms with van der Waals surface area (Å²) in [5.74, 6) is 0.0494. The highest BCUT2D eigenvalue weighted by Crippen LogP contribution is 2.41. The van der Waals surface area contributed by atoms with Gasteiger partial charge in [0.05, 0.1) is 22.5 Å². The molecule has 27 heavy (non-hydrogen) atoms. The normalized spacial score (nSPS) is 22.0. The highest BCUT2D eigenvalue weighted by atomic mass is 19.4. The largest absolute Gasteiger partial charge is 0.493 e. The van der Waals surface area contributed by atoms with E-state index in [0.717, 1.165) is 68.8 Å². The van der Waals surface area contributed by atoms with Crippen LogP contribution in [0.1, 0.15) is 35.7 Å². The Morgan fingerprint density at radius 1 is 1.07 bits per heavy atom. The van der Waals surface area contributed by atoms with Gasteiger partial charge in [0.1, 0.15) is 0 Å². The first kappa shape index (κ1) is 18.3. The fourth-order valence-corrected chi connectivity index (χ4v) is 4.07. The van der Waals surface area contributed by atoms with E-state index in [9.17, 15) is 18.3 Å². The Morgan fingerprint density at radius 3 is 2.37 bits per heavy atom. The molecular weight excluding hydrogens is 357 g/mol. The van der Waals surface area contributed by atoms with Crippen LogP contribution in [-0.2, 0) is 12.6 Å². The minimum Gasteiger partial charge on any atom is -0.493 e. The number of hydrogen-bond acceptors (Lipinski definition) is 4. The first-order valence-corrected chi connectivity index (χ1v) is 9.25. The Morgan fingerprint density at radius 2 is 1.74 bits per heavy atom. The maximum absolute atomic E-state index is 12.8. The SMILES string of the molecule is CN1CCN(C2CCCc3nn(-c4ccc(C(F)(F)F)cc4)c(O)c32)CC1. The van der Waals surface area contributed by atoms with Crippen LogP contribution in [0.15, 0.2) is 24.3 Å². The van der Waals surface area contributed by atoms with Crippen molar-refractivity contribution in [2.24, 2.45) is 0 Å². The molecule has 1 aliphatic carbocycles. The van der Waals surface area contributed by atoms with E-state index >= 15 is 0 Å². The van der Waals surface area contributed by atoms with Crippen molar-refractivity contribution in [1.29, 1.82) is 0 Å². The molecule has 8 heteroatoms. The first-order valence-electron chi connectivity index (χ1n) is 9.25.